The highest BCUT2D eigenvalue weighted by Crippen LogP contribution is 2.11. The van der Waals surface area contributed by atoms with Crippen molar-refractivity contribution in [2.45, 2.75) is 117 Å². The van der Waals surface area contributed by atoms with Crippen molar-refractivity contribution in [3.05, 3.63) is 18.2 Å². The molecule has 0 radical (unpaired) electrons. The van der Waals surface area contributed by atoms with E-state index in [9.17, 15) is 0 Å². The van der Waals surface area contributed by atoms with E-state index in [0.29, 0.717) is 0 Å². The molecule has 1 aromatic heterocycles. The van der Waals surface area contributed by atoms with Gasteiger partial charge in [-0.3, -0.25) is 0 Å². The minimum atomic E-state index is 1.21. The predicted octanol–water partition coefficient (Wildman–Crippen LogP) is 6.36. The van der Waals surface area contributed by atoms with Crippen molar-refractivity contribution in [3.8, 4) is 0 Å². The molecule has 0 aliphatic carbocycles. The molecule has 0 N–H and O–H groups in total. The van der Waals surface area contributed by atoms with Crippen LogP contribution in [0.1, 0.15) is 110 Å². The summed E-state index contributed by atoms with van der Waals surface area (Å²) in [5.74, 6) is 1.52. The van der Waals surface area contributed by atoms with Crippen LogP contribution in [0.2, 0.25) is 0 Å². The predicted molar refractivity (Wildman–Crippen MR) is 105 cm³/mol. The van der Waals surface area contributed by atoms with Gasteiger partial charge in [-0.15, -0.1) is 0 Å². The van der Waals surface area contributed by atoms with Gasteiger partial charge in [0.05, 0.1) is 13.6 Å². The maximum atomic E-state index is 2.50. The molecule has 0 spiro atoms. The van der Waals surface area contributed by atoms with Gasteiger partial charge in [0.15, 0.2) is 0 Å². The van der Waals surface area contributed by atoms with Crippen LogP contribution in [0, 0.1) is 0 Å². The number of hydrogen-bond donors (Lipinski definition) is 0. The molecule has 1 heterocycles. The van der Waals surface area contributed by atoms with Gasteiger partial charge >= 0.3 is 0 Å². The van der Waals surface area contributed by atoms with Crippen LogP contribution in [0.4, 0.5) is 0 Å². The van der Waals surface area contributed by atoms with Crippen molar-refractivity contribution in [2.75, 3.05) is 0 Å². The molecule has 0 unspecified atom stereocenters. The van der Waals surface area contributed by atoms with Crippen molar-refractivity contribution < 1.29 is 4.57 Å². The molecular weight excluding hydrogens is 292 g/mol. The van der Waals surface area contributed by atoms with Gasteiger partial charge in [-0.1, -0.05) is 84.5 Å². The Hall–Kier alpha value is -0.790. The van der Waals surface area contributed by atoms with E-state index in [-0.39, 0.29) is 0 Å². The average Bonchev–Trinajstić information content (AvgIpc) is 2.93. The SMILES string of the molecule is CCCCCCCCCCc1n(CCCCCCCC)cc[n+]1C. The molecular formula is C22H43N2+. The molecule has 24 heavy (non-hydrogen) atoms. The van der Waals surface area contributed by atoms with Crippen LogP contribution in [0.25, 0.3) is 0 Å². The number of rotatable bonds is 16. The zero-order valence-corrected chi connectivity index (χ0v) is 16.9. The van der Waals surface area contributed by atoms with Gasteiger partial charge in [0.25, 0.3) is 5.82 Å². The van der Waals surface area contributed by atoms with Gasteiger partial charge in [-0.25, -0.2) is 9.13 Å². The lowest BCUT2D eigenvalue weighted by Gasteiger charge is -2.04. The lowest BCUT2D eigenvalue weighted by Crippen LogP contribution is -2.32. The first-order valence-corrected chi connectivity index (χ1v) is 10.8. The smallest absolute Gasteiger partial charge is 0.237 e. The van der Waals surface area contributed by atoms with Crippen molar-refractivity contribution in [3.63, 3.8) is 0 Å². The van der Waals surface area contributed by atoms with Crippen LogP contribution >= 0.6 is 0 Å². The maximum absolute atomic E-state index is 2.50. The molecule has 0 saturated carbocycles. The second-order valence-corrected chi connectivity index (χ2v) is 7.51. The average molecular weight is 336 g/mol. The summed E-state index contributed by atoms with van der Waals surface area (Å²) in [4.78, 5) is 0. The first-order valence-electron chi connectivity index (χ1n) is 10.8. The Bertz CT molecular complexity index is 395. The van der Waals surface area contributed by atoms with E-state index >= 15 is 0 Å². The summed E-state index contributed by atoms with van der Waals surface area (Å²) < 4.78 is 4.83. The number of hydrogen-bond acceptors (Lipinski definition) is 0. The molecule has 1 aromatic rings. The van der Waals surface area contributed by atoms with E-state index in [1.165, 1.54) is 109 Å². The molecule has 140 valence electrons. The van der Waals surface area contributed by atoms with Crippen LogP contribution in [0.3, 0.4) is 0 Å². The van der Waals surface area contributed by atoms with Crippen molar-refractivity contribution in [1.82, 2.24) is 4.57 Å². The molecule has 0 saturated heterocycles. The van der Waals surface area contributed by atoms with Gasteiger partial charge in [0.2, 0.25) is 0 Å². The maximum Gasteiger partial charge on any atom is 0.256 e. The van der Waals surface area contributed by atoms with E-state index in [1.807, 2.05) is 0 Å². The van der Waals surface area contributed by atoms with E-state index in [4.69, 9.17) is 0 Å². The molecule has 2 nitrogen and oxygen atoms in total. The molecule has 0 bridgehead atoms. The summed E-state index contributed by atoms with van der Waals surface area (Å²) in [6, 6.07) is 0. The fraction of sp³-hybridized carbons (Fsp3) is 0.864. The molecule has 0 atom stereocenters. The minimum absolute atomic E-state index is 1.21. The fourth-order valence-corrected chi connectivity index (χ4v) is 3.56. The zero-order chi connectivity index (χ0) is 17.5. The van der Waals surface area contributed by atoms with Crippen LogP contribution < -0.4 is 4.57 Å². The van der Waals surface area contributed by atoms with Crippen molar-refractivity contribution in [1.29, 1.82) is 0 Å². The Morgan fingerprint density at radius 3 is 1.79 bits per heavy atom. The Balaban J connectivity index is 2.14. The molecule has 2 heteroatoms. The number of aromatic nitrogens is 2. The normalized spacial score (nSPS) is 11.3. The molecule has 0 aliphatic heterocycles. The Labute approximate surface area is 151 Å². The standard InChI is InChI=1S/C22H43N2/c1-4-6-8-10-12-13-14-16-18-22-23(3)20-21-24(22)19-17-15-11-9-7-5-2/h20-21H,4-19H2,1-3H3/q+1. The number of aryl methyl sites for hydroxylation is 2. The van der Waals surface area contributed by atoms with E-state index < -0.39 is 0 Å². The molecule has 0 amide bonds. The summed E-state index contributed by atoms with van der Waals surface area (Å²) in [5, 5.41) is 0. The summed E-state index contributed by atoms with van der Waals surface area (Å²) in [7, 11) is 2.21. The fourth-order valence-electron chi connectivity index (χ4n) is 3.56. The second-order valence-electron chi connectivity index (χ2n) is 7.51. The van der Waals surface area contributed by atoms with E-state index in [2.05, 4.69) is 42.4 Å². The summed E-state index contributed by atoms with van der Waals surface area (Å²) in [6.45, 7) is 5.79. The van der Waals surface area contributed by atoms with Crippen molar-refractivity contribution >= 4 is 0 Å². The van der Waals surface area contributed by atoms with Crippen molar-refractivity contribution in [2.24, 2.45) is 7.05 Å². The topological polar surface area (TPSA) is 8.81 Å². The third-order valence-electron chi connectivity index (χ3n) is 5.22. The number of imidazole rings is 1. The van der Waals surface area contributed by atoms with Gasteiger partial charge in [-0.05, 0) is 19.3 Å². The molecule has 1 rings (SSSR count). The highest BCUT2D eigenvalue weighted by molar-refractivity contribution is 4.84. The molecule has 0 aliphatic rings. The van der Waals surface area contributed by atoms with Crippen LogP contribution in [0.5, 0.6) is 0 Å². The van der Waals surface area contributed by atoms with Crippen LogP contribution in [-0.2, 0) is 20.0 Å². The van der Waals surface area contributed by atoms with E-state index in [0.717, 1.165) is 0 Å². The second kappa shape index (κ2) is 14.5. The third kappa shape index (κ3) is 9.49. The Kier molecular flexibility index (Phi) is 12.9. The summed E-state index contributed by atoms with van der Waals surface area (Å²) in [5.41, 5.74) is 0. The van der Waals surface area contributed by atoms with Gasteiger partial charge in [0, 0.05) is 6.42 Å². The lowest BCUT2D eigenvalue weighted by molar-refractivity contribution is -0.678. The first kappa shape index (κ1) is 21.3. The van der Waals surface area contributed by atoms with Crippen LogP contribution in [0.15, 0.2) is 12.4 Å². The highest BCUT2D eigenvalue weighted by atomic mass is 15.1. The molecule has 0 aromatic carbocycles. The number of nitrogens with zero attached hydrogens (tertiary/aromatic N) is 2. The summed E-state index contributed by atoms with van der Waals surface area (Å²) in [6.07, 6.45) is 25.3. The van der Waals surface area contributed by atoms with Gasteiger partial charge < -0.3 is 0 Å². The highest BCUT2D eigenvalue weighted by Gasteiger charge is 2.13. The largest absolute Gasteiger partial charge is 0.256 e. The number of unbranched alkanes of at least 4 members (excludes halogenated alkanes) is 12. The zero-order valence-electron chi connectivity index (χ0n) is 16.9. The Morgan fingerprint density at radius 1 is 0.708 bits per heavy atom. The monoisotopic (exact) mass is 335 g/mol. The quantitative estimate of drug-likeness (QED) is 0.246. The minimum Gasteiger partial charge on any atom is -0.237 e. The Morgan fingerprint density at radius 2 is 1.21 bits per heavy atom. The summed E-state index contributed by atoms with van der Waals surface area (Å²) >= 11 is 0. The van der Waals surface area contributed by atoms with Gasteiger partial charge in [0.1, 0.15) is 12.4 Å². The van der Waals surface area contributed by atoms with E-state index in [1.54, 1.807) is 0 Å². The molecule has 0 fully saturated rings. The first-order chi connectivity index (χ1) is 11.8. The third-order valence-corrected chi connectivity index (χ3v) is 5.22. The lowest BCUT2D eigenvalue weighted by atomic mass is 10.1. The van der Waals surface area contributed by atoms with Crippen LogP contribution in [-0.4, -0.2) is 4.57 Å². The van der Waals surface area contributed by atoms with Gasteiger partial charge in [-0.2, -0.15) is 0 Å².